The van der Waals surface area contributed by atoms with Gasteiger partial charge in [0.25, 0.3) is 0 Å². The molecule has 0 aliphatic heterocycles. The van der Waals surface area contributed by atoms with E-state index in [2.05, 4.69) is 41.4 Å². The van der Waals surface area contributed by atoms with Gasteiger partial charge in [0, 0.05) is 0 Å². The lowest BCUT2D eigenvalue weighted by atomic mass is 10.2. The maximum absolute atomic E-state index is 4.63. The molecule has 3 aromatic rings. The molecule has 1 heteroatoms. The van der Waals surface area contributed by atoms with E-state index in [0.29, 0.717) is 0 Å². The molecule has 0 atom stereocenters. The van der Waals surface area contributed by atoms with Crippen molar-refractivity contribution in [2.24, 2.45) is 0 Å². The van der Waals surface area contributed by atoms with Crippen LogP contribution in [0.5, 0.6) is 0 Å². The van der Waals surface area contributed by atoms with Crippen molar-refractivity contribution in [2.45, 2.75) is 0 Å². The largest absolute Gasteiger partial charge is 0.249 e. The van der Waals surface area contributed by atoms with Crippen molar-refractivity contribution < 1.29 is 0 Å². The van der Waals surface area contributed by atoms with Gasteiger partial charge < -0.3 is 0 Å². The van der Waals surface area contributed by atoms with Gasteiger partial charge in [-0.05, 0) is 35.4 Å². The van der Waals surface area contributed by atoms with Crippen molar-refractivity contribution in [2.75, 3.05) is 0 Å². The van der Waals surface area contributed by atoms with E-state index in [1.165, 1.54) is 11.1 Å². The fourth-order valence-corrected chi connectivity index (χ4v) is 2.15. The summed E-state index contributed by atoms with van der Waals surface area (Å²) in [5.74, 6) is 0. The Kier molecular flexibility index (Phi) is 4.58. The van der Waals surface area contributed by atoms with Crippen LogP contribution in [0.15, 0.2) is 78.9 Å². The first-order valence-corrected chi connectivity index (χ1v) is 7.33. The third kappa shape index (κ3) is 4.03. The van der Waals surface area contributed by atoms with Gasteiger partial charge in [-0.25, -0.2) is 4.98 Å². The molecule has 0 unspecified atom stereocenters. The number of hydrogen-bond acceptors (Lipinski definition) is 1. The molecule has 22 heavy (non-hydrogen) atoms. The van der Waals surface area contributed by atoms with E-state index >= 15 is 0 Å². The van der Waals surface area contributed by atoms with Crippen LogP contribution in [0.4, 0.5) is 0 Å². The number of pyridine rings is 1. The summed E-state index contributed by atoms with van der Waals surface area (Å²) >= 11 is 0. The van der Waals surface area contributed by atoms with Crippen LogP contribution in [-0.4, -0.2) is 4.98 Å². The summed E-state index contributed by atoms with van der Waals surface area (Å²) < 4.78 is 0. The first-order chi connectivity index (χ1) is 10.9. The second kappa shape index (κ2) is 7.19. The van der Waals surface area contributed by atoms with E-state index in [9.17, 15) is 0 Å². The zero-order valence-electron chi connectivity index (χ0n) is 12.3. The zero-order valence-corrected chi connectivity index (χ0v) is 12.3. The van der Waals surface area contributed by atoms with Gasteiger partial charge in [0.1, 0.15) is 0 Å². The molecule has 1 aromatic heterocycles. The van der Waals surface area contributed by atoms with E-state index in [1.807, 2.05) is 66.7 Å². The van der Waals surface area contributed by atoms with Crippen LogP contribution in [0.25, 0.3) is 24.3 Å². The highest BCUT2D eigenvalue weighted by molar-refractivity contribution is 5.71. The third-order valence-electron chi connectivity index (χ3n) is 3.28. The van der Waals surface area contributed by atoms with Crippen molar-refractivity contribution in [3.05, 3.63) is 101 Å². The average Bonchev–Trinajstić information content (AvgIpc) is 2.60. The minimum atomic E-state index is 0.957. The highest BCUT2D eigenvalue weighted by Gasteiger charge is 1.92. The lowest BCUT2D eigenvalue weighted by molar-refractivity contribution is 1.27. The normalized spacial score (nSPS) is 11.3. The average molecular weight is 283 g/mol. The molecule has 0 bridgehead atoms. The first-order valence-electron chi connectivity index (χ1n) is 7.33. The Hall–Kier alpha value is -2.93. The predicted octanol–water partition coefficient (Wildman–Crippen LogP) is 5.42. The monoisotopic (exact) mass is 283 g/mol. The number of aromatic nitrogens is 1. The second-order valence-electron chi connectivity index (χ2n) is 4.98. The Labute approximate surface area is 131 Å². The van der Waals surface area contributed by atoms with Gasteiger partial charge in [-0.3, -0.25) is 0 Å². The molecular formula is C21H17N. The predicted molar refractivity (Wildman–Crippen MR) is 95.0 cm³/mol. The van der Waals surface area contributed by atoms with Crippen molar-refractivity contribution in [1.29, 1.82) is 0 Å². The fraction of sp³-hybridized carbons (Fsp3) is 0. The highest BCUT2D eigenvalue weighted by atomic mass is 14.7. The van der Waals surface area contributed by atoms with Crippen molar-refractivity contribution in [3.63, 3.8) is 0 Å². The molecule has 0 N–H and O–H groups in total. The highest BCUT2D eigenvalue weighted by Crippen LogP contribution is 2.10. The topological polar surface area (TPSA) is 12.9 Å². The van der Waals surface area contributed by atoms with Crippen LogP contribution in [-0.2, 0) is 0 Å². The van der Waals surface area contributed by atoms with Crippen molar-refractivity contribution in [3.8, 4) is 0 Å². The smallest absolute Gasteiger partial charge is 0.0637 e. The summed E-state index contributed by atoms with van der Waals surface area (Å²) in [5.41, 5.74) is 4.27. The Morgan fingerprint density at radius 3 is 1.36 bits per heavy atom. The van der Waals surface area contributed by atoms with Crippen molar-refractivity contribution in [1.82, 2.24) is 4.98 Å². The molecule has 1 heterocycles. The summed E-state index contributed by atoms with van der Waals surface area (Å²) in [5, 5.41) is 0. The summed E-state index contributed by atoms with van der Waals surface area (Å²) in [7, 11) is 0. The molecule has 0 aliphatic rings. The van der Waals surface area contributed by atoms with Gasteiger partial charge in [-0.1, -0.05) is 78.9 Å². The SMILES string of the molecule is C(=C\c1cccc(/C=C/c2ccccc2)n1)/c1ccccc1. The lowest BCUT2D eigenvalue weighted by Gasteiger charge is -1.97. The Balaban J connectivity index is 1.75. The lowest BCUT2D eigenvalue weighted by Crippen LogP contribution is -1.84. The number of rotatable bonds is 4. The quantitative estimate of drug-likeness (QED) is 0.622. The zero-order chi connectivity index (χ0) is 15.0. The van der Waals surface area contributed by atoms with E-state index < -0.39 is 0 Å². The summed E-state index contributed by atoms with van der Waals surface area (Å²) in [6, 6.07) is 26.5. The maximum atomic E-state index is 4.63. The number of nitrogens with zero attached hydrogens (tertiary/aromatic N) is 1. The molecule has 1 nitrogen and oxygen atoms in total. The van der Waals surface area contributed by atoms with Gasteiger partial charge in [-0.2, -0.15) is 0 Å². The van der Waals surface area contributed by atoms with Crippen molar-refractivity contribution >= 4 is 24.3 Å². The molecular weight excluding hydrogens is 266 g/mol. The van der Waals surface area contributed by atoms with Crippen LogP contribution in [0.2, 0.25) is 0 Å². The molecule has 0 spiro atoms. The number of hydrogen-bond donors (Lipinski definition) is 0. The van der Waals surface area contributed by atoms with Crippen LogP contribution in [0.1, 0.15) is 22.5 Å². The van der Waals surface area contributed by atoms with Crippen LogP contribution in [0.3, 0.4) is 0 Å². The van der Waals surface area contributed by atoms with Crippen LogP contribution < -0.4 is 0 Å². The first kappa shape index (κ1) is 14.0. The van der Waals surface area contributed by atoms with Crippen LogP contribution >= 0.6 is 0 Å². The number of benzene rings is 2. The van der Waals surface area contributed by atoms with Gasteiger partial charge >= 0.3 is 0 Å². The summed E-state index contributed by atoms with van der Waals surface area (Å²) in [6.45, 7) is 0. The van der Waals surface area contributed by atoms with Crippen LogP contribution in [0, 0.1) is 0 Å². The molecule has 106 valence electrons. The minimum absolute atomic E-state index is 0.957. The third-order valence-corrected chi connectivity index (χ3v) is 3.28. The molecule has 0 fully saturated rings. The Morgan fingerprint density at radius 1 is 0.455 bits per heavy atom. The Morgan fingerprint density at radius 2 is 0.909 bits per heavy atom. The molecule has 2 aromatic carbocycles. The van der Waals surface area contributed by atoms with E-state index in [1.54, 1.807) is 0 Å². The summed E-state index contributed by atoms with van der Waals surface area (Å²) in [6.07, 6.45) is 8.23. The van der Waals surface area contributed by atoms with Gasteiger partial charge in [-0.15, -0.1) is 0 Å². The summed E-state index contributed by atoms with van der Waals surface area (Å²) in [4.78, 5) is 4.63. The molecule has 0 amide bonds. The molecule has 0 saturated carbocycles. The molecule has 0 aliphatic carbocycles. The molecule has 0 radical (unpaired) electrons. The Bertz CT molecular complexity index is 707. The second-order valence-corrected chi connectivity index (χ2v) is 4.98. The van der Waals surface area contributed by atoms with E-state index in [-0.39, 0.29) is 0 Å². The van der Waals surface area contributed by atoms with Gasteiger partial charge in [0.15, 0.2) is 0 Å². The maximum Gasteiger partial charge on any atom is 0.0637 e. The molecule has 0 saturated heterocycles. The fourth-order valence-electron chi connectivity index (χ4n) is 2.15. The van der Waals surface area contributed by atoms with Gasteiger partial charge in [0.2, 0.25) is 0 Å². The van der Waals surface area contributed by atoms with Gasteiger partial charge in [0.05, 0.1) is 11.4 Å². The van der Waals surface area contributed by atoms with E-state index in [4.69, 9.17) is 0 Å². The van der Waals surface area contributed by atoms with E-state index in [0.717, 1.165) is 11.4 Å². The minimum Gasteiger partial charge on any atom is -0.249 e. The molecule has 3 rings (SSSR count). The standard InChI is InChI=1S/C21H17N/c1-3-8-18(9-4-1)14-16-20-12-7-13-21(22-20)17-15-19-10-5-2-6-11-19/h1-17H/b16-14+,17-15+.